The van der Waals surface area contributed by atoms with Crippen molar-refractivity contribution in [1.29, 1.82) is 0 Å². The summed E-state index contributed by atoms with van der Waals surface area (Å²) in [6.45, 7) is 4.33. The van der Waals surface area contributed by atoms with E-state index in [-0.39, 0.29) is 23.5 Å². The van der Waals surface area contributed by atoms with Crippen molar-refractivity contribution >= 4 is 32.5 Å². The van der Waals surface area contributed by atoms with E-state index in [9.17, 15) is 13.2 Å². The quantitative estimate of drug-likeness (QED) is 0.588. The van der Waals surface area contributed by atoms with Gasteiger partial charge in [0, 0.05) is 42.4 Å². The Morgan fingerprint density at radius 3 is 2.62 bits per heavy atom. The highest BCUT2D eigenvalue weighted by atomic mass is 32.2. The molecular formula is C23H27N3O5S. The van der Waals surface area contributed by atoms with Crippen molar-refractivity contribution in [3.8, 4) is 5.75 Å². The molecule has 0 atom stereocenters. The summed E-state index contributed by atoms with van der Waals surface area (Å²) in [5.74, 6) is -0.133. The molecule has 1 aromatic heterocycles. The number of benzene rings is 2. The molecular weight excluding hydrogens is 430 g/mol. The number of carbonyl (C=O) groups is 1. The summed E-state index contributed by atoms with van der Waals surface area (Å²) in [5.41, 5.74) is 1.88. The number of nitrogens with one attached hydrogen (secondary N) is 1. The first-order chi connectivity index (χ1) is 15.4. The van der Waals surface area contributed by atoms with Crippen molar-refractivity contribution in [2.45, 2.75) is 24.8 Å². The van der Waals surface area contributed by atoms with Gasteiger partial charge in [-0.1, -0.05) is 6.92 Å². The molecule has 0 unspecified atom stereocenters. The molecule has 9 heteroatoms. The summed E-state index contributed by atoms with van der Waals surface area (Å²) in [5, 5.41) is 3.89. The maximum absolute atomic E-state index is 13.1. The molecule has 1 saturated heterocycles. The minimum atomic E-state index is -3.73. The van der Waals surface area contributed by atoms with Gasteiger partial charge < -0.3 is 19.4 Å². The third-order valence-corrected chi connectivity index (χ3v) is 7.41. The number of carbonyl (C=O) groups excluding carboxylic acids is 1. The van der Waals surface area contributed by atoms with Crippen molar-refractivity contribution in [2.75, 3.05) is 38.7 Å². The SMILES string of the molecule is CCCn1ccc2cc(NC(=O)c3cc(S(=O)(=O)N4CCOCC4)ccc3OC)ccc21. The van der Waals surface area contributed by atoms with Gasteiger partial charge in [-0.3, -0.25) is 4.79 Å². The summed E-state index contributed by atoms with van der Waals surface area (Å²) < 4.78 is 40.2. The second-order valence-corrected chi connectivity index (χ2v) is 9.55. The zero-order valence-electron chi connectivity index (χ0n) is 18.2. The predicted octanol–water partition coefficient (Wildman–Crippen LogP) is 3.33. The standard InChI is InChI=1S/C23H27N3O5S/c1-3-9-25-10-8-17-15-18(4-6-21(17)25)24-23(27)20-16-19(5-7-22(20)30-2)32(28,29)26-11-13-31-14-12-26/h4-8,10,15-16H,3,9,11-14H2,1-2H3,(H,24,27). The van der Waals surface area contributed by atoms with Crippen molar-refractivity contribution in [3.05, 3.63) is 54.2 Å². The van der Waals surface area contributed by atoms with E-state index in [0.717, 1.165) is 23.9 Å². The van der Waals surface area contributed by atoms with Crippen LogP contribution in [0.25, 0.3) is 10.9 Å². The van der Waals surface area contributed by atoms with Crippen LogP contribution < -0.4 is 10.1 Å². The van der Waals surface area contributed by atoms with Gasteiger partial charge in [0.1, 0.15) is 5.75 Å². The molecule has 1 fully saturated rings. The minimum Gasteiger partial charge on any atom is -0.496 e. The first kappa shape index (κ1) is 22.3. The Morgan fingerprint density at radius 1 is 1.12 bits per heavy atom. The monoisotopic (exact) mass is 457 g/mol. The lowest BCUT2D eigenvalue weighted by molar-refractivity contribution is 0.0730. The zero-order valence-corrected chi connectivity index (χ0v) is 19.0. The third kappa shape index (κ3) is 4.36. The van der Waals surface area contributed by atoms with E-state index in [2.05, 4.69) is 16.8 Å². The normalized spacial score (nSPS) is 15.1. The highest BCUT2D eigenvalue weighted by molar-refractivity contribution is 7.89. The summed E-state index contributed by atoms with van der Waals surface area (Å²) in [7, 11) is -2.28. The average molecular weight is 458 g/mol. The number of sulfonamides is 1. The van der Waals surface area contributed by atoms with Crippen molar-refractivity contribution in [1.82, 2.24) is 8.87 Å². The minimum absolute atomic E-state index is 0.0532. The molecule has 4 rings (SSSR count). The molecule has 0 bridgehead atoms. The number of morpholine rings is 1. The number of nitrogens with zero attached hydrogens (tertiary/aromatic N) is 2. The Kier molecular flexibility index (Phi) is 6.50. The Bertz CT molecular complexity index is 1230. The van der Waals surface area contributed by atoms with Gasteiger partial charge in [0.15, 0.2) is 0 Å². The van der Waals surface area contributed by atoms with E-state index < -0.39 is 15.9 Å². The van der Waals surface area contributed by atoms with Crippen LogP contribution in [0.5, 0.6) is 5.75 Å². The molecule has 2 heterocycles. The predicted molar refractivity (Wildman–Crippen MR) is 123 cm³/mol. The lowest BCUT2D eigenvalue weighted by Gasteiger charge is -2.26. The van der Waals surface area contributed by atoms with Crippen LogP contribution in [0.1, 0.15) is 23.7 Å². The van der Waals surface area contributed by atoms with Crippen LogP contribution in [0.15, 0.2) is 53.6 Å². The number of fused-ring (bicyclic) bond motifs is 1. The number of anilines is 1. The molecule has 0 saturated carbocycles. The fourth-order valence-corrected chi connectivity index (χ4v) is 5.31. The molecule has 1 aliphatic rings. The Morgan fingerprint density at radius 2 is 1.91 bits per heavy atom. The smallest absolute Gasteiger partial charge is 0.259 e. The molecule has 170 valence electrons. The first-order valence-electron chi connectivity index (χ1n) is 10.6. The molecule has 8 nitrogen and oxygen atoms in total. The molecule has 3 aromatic rings. The number of ether oxygens (including phenoxy) is 2. The lowest BCUT2D eigenvalue weighted by Crippen LogP contribution is -2.40. The topological polar surface area (TPSA) is 89.9 Å². The summed E-state index contributed by atoms with van der Waals surface area (Å²) in [4.78, 5) is 13.1. The van der Waals surface area contributed by atoms with Crippen LogP contribution in [0, 0.1) is 0 Å². The van der Waals surface area contributed by atoms with Crippen molar-refractivity contribution in [2.24, 2.45) is 0 Å². The van der Waals surface area contributed by atoms with Gasteiger partial charge in [0.2, 0.25) is 10.0 Å². The maximum atomic E-state index is 13.1. The molecule has 1 amide bonds. The van der Waals surface area contributed by atoms with Gasteiger partial charge in [-0.2, -0.15) is 4.31 Å². The van der Waals surface area contributed by atoms with Gasteiger partial charge in [0.05, 0.1) is 30.8 Å². The lowest BCUT2D eigenvalue weighted by atomic mass is 10.1. The van der Waals surface area contributed by atoms with E-state index in [1.165, 1.54) is 29.6 Å². The number of hydrogen-bond donors (Lipinski definition) is 1. The number of amides is 1. The van der Waals surface area contributed by atoms with E-state index in [1.54, 1.807) is 0 Å². The van der Waals surface area contributed by atoms with Crippen molar-refractivity contribution < 1.29 is 22.7 Å². The van der Waals surface area contributed by atoms with Crippen LogP contribution in [-0.2, 0) is 21.3 Å². The van der Waals surface area contributed by atoms with Gasteiger partial charge in [-0.25, -0.2) is 8.42 Å². The molecule has 1 N–H and O–H groups in total. The fraction of sp³-hybridized carbons (Fsp3) is 0.348. The molecule has 0 spiro atoms. The zero-order chi connectivity index (χ0) is 22.7. The van der Waals surface area contributed by atoms with Gasteiger partial charge in [-0.15, -0.1) is 0 Å². The molecule has 0 aliphatic carbocycles. The van der Waals surface area contributed by atoms with Crippen LogP contribution in [0.2, 0.25) is 0 Å². The third-order valence-electron chi connectivity index (χ3n) is 5.52. The summed E-state index contributed by atoms with van der Waals surface area (Å²) in [6.07, 6.45) is 3.06. The number of hydrogen-bond acceptors (Lipinski definition) is 5. The maximum Gasteiger partial charge on any atom is 0.259 e. The summed E-state index contributed by atoms with van der Waals surface area (Å²) in [6, 6.07) is 12.1. The van der Waals surface area contributed by atoms with Crippen LogP contribution >= 0.6 is 0 Å². The highest BCUT2D eigenvalue weighted by Crippen LogP contribution is 2.27. The molecule has 0 radical (unpaired) electrons. The van der Waals surface area contributed by atoms with Crippen LogP contribution in [0.4, 0.5) is 5.69 Å². The molecule has 32 heavy (non-hydrogen) atoms. The molecule has 1 aliphatic heterocycles. The van der Waals surface area contributed by atoms with Crippen LogP contribution in [0.3, 0.4) is 0 Å². The average Bonchev–Trinajstić information content (AvgIpc) is 3.21. The van der Waals surface area contributed by atoms with E-state index in [0.29, 0.717) is 24.7 Å². The number of methoxy groups -OCH3 is 1. The van der Waals surface area contributed by atoms with Gasteiger partial charge in [0.25, 0.3) is 5.91 Å². The van der Waals surface area contributed by atoms with E-state index in [4.69, 9.17) is 9.47 Å². The number of aryl methyl sites for hydroxylation is 1. The fourth-order valence-electron chi connectivity index (χ4n) is 3.87. The number of aromatic nitrogens is 1. The first-order valence-corrected chi connectivity index (χ1v) is 12.0. The van der Waals surface area contributed by atoms with E-state index >= 15 is 0 Å². The second-order valence-electron chi connectivity index (χ2n) is 7.62. The Balaban J connectivity index is 1.61. The Labute approximate surface area is 187 Å². The highest BCUT2D eigenvalue weighted by Gasteiger charge is 2.28. The van der Waals surface area contributed by atoms with E-state index in [1.807, 2.05) is 30.5 Å². The Hall–Kier alpha value is -2.88. The van der Waals surface area contributed by atoms with Gasteiger partial charge in [-0.05, 0) is 48.9 Å². The summed E-state index contributed by atoms with van der Waals surface area (Å²) >= 11 is 0. The molecule has 2 aromatic carbocycles. The largest absolute Gasteiger partial charge is 0.496 e. The van der Waals surface area contributed by atoms with Gasteiger partial charge >= 0.3 is 0 Å². The number of rotatable bonds is 7. The van der Waals surface area contributed by atoms with Crippen molar-refractivity contribution in [3.63, 3.8) is 0 Å². The van der Waals surface area contributed by atoms with Crippen LogP contribution in [-0.4, -0.2) is 56.6 Å². The second kappa shape index (κ2) is 9.32.